The molecule has 2 aliphatic rings. The van der Waals surface area contributed by atoms with Crippen molar-refractivity contribution in [3.63, 3.8) is 0 Å². The molecule has 5 unspecified atom stereocenters. The Balaban J connectivity index is 2.10. The van der Waals surface area contributed by atoms with Crippen molar-refractivity contribution in [3.05, 3.63) is 0 Å². The molecule has 3 nitrogen and oxygen atoms in total. The van der Waals surface area contributed by atoms with Gasteiger partial charge in [0.2, 0.25) is 0 Å². The minimum atomic E-state index is -0.578. The van der Waals surface area contributed by atoms with Crippen LogP contribution in [0.25, 0.3) is 0 Å². The van der Waals surface area contributed by atoms with Gasteiger partial charge in [-0.15, -0.1) is 0 Å². The van der Waals surface area contributed by atoms with Crippen LogP contribution in [-0.4, -0.2) is 34.1 Å². The highest BCUT2D eigenvalue weighted by atomic mass is 16.3. The van der Waals surface area contributed by atoms with Crippen LogP contribution in [0, 0.1) is 17.8 Å². The predicted octanol–water partition coefficient (Wildman–Crippen LogP) is -0.644. The van der Waals surface area contributed by atoms with E-state index in [-0.39, 0.29) is 24.4 Å². The van der Waals surface area contributed by atoms with Crippen LogP contribution >= 0.6 is 0 Å². The van der Waals surface area contributed by atoms with E-state index in [0.29, 0.717) is 0 Å². The summed E-state index contributed by atoms with van der Waals surface area (Å²) in [6.07, 6.45) is 0.682. The first-order chi connectivity index (χ1) is 5.24. The third-order valence-electron chi connectivity index (χ3n) is 3.29. The van der Waals surface area contributed by atoms with Crippen molar-refractivity contribution >= 4 is 0 Å². The lowest BCUT2D eigenvalue weighted by Gasteiger charge is -2.28. The molecule has 2 saturated carbocycles. The quantitative estimate of drug-likeness (QED) is 0.475. The van der Waals surface area contributed by atoms with Gasteiger partial charge in [0.15, 0.2) is 0 Å². The van der Waals surface area contributed by atoms with E-state index in [4.69, 9.17) is 5.11 Å². The van der Waals surface area contributed by atoms with Crippen molar-refractivity contribution in [2.24, 2.45) is 17.8 Å². The standard InChI is InChI=1S/C8H14O3/c9-3-5-1-4-2-6(5)8(11)7(4)10/h4-11H,1-3H2. The highest BCUT2D eigenvalue weighted by molar-refractivity contribution is 5.00. The first-order valence-corrected chi connectivity index (χ1v) is 4.21. The highest BCUT2D eigenvalue weighted by Crippen LogP contribution is 2.48. The van der Waals surface area contributed by atoms with Gasteiger partial charge in [0, 0.05) is 6.61 Å². The van der Waals surface area contributed by atoms with Crippen LogP contribution in [0.3, 0.4) is 0 Å². The molecule has 3 heteroatoms. The van der Waals surface area contributed by atoms with Gasteiger partial charge in [0.05, 0.1) is 12.2 Å². The van der Waals surface area contributed by atoms with Gasteiger partial charge in [0.1, 0.15) is 0 Å². The molecule has 0 aromatic heterocycles. The molecule has 11 heavy (non-hydrogen) atoms. The smallest absolute Gasteiger partial charge is 0.0833 e. The summed E-state index contributed by atoms with van der Waals surface area (Å²) in [5, 5.41) is 27.7. The Bertz CT molecular complexity index is 153. The fourth-order valence-electron chi connectivity index (χ4n) is 2.64. The van der Waals surface area contributed by atoms with Crippen LogP contribution < -0.4 is 0 Å². The Morgan fingerprint density at radius 1 is 1.09 bits per heavy atom. The van der Waals surface area contributed by atoms with Gasteiger partial charge in [-0.25, -0.2) is 0 Å². The third kappa shape index (κ3) is 0.916. The third-order valence-corrected chi connectivity index (χ3v) is 3.29. The molecule has 2 rings (SSSR count). The molecular weight excluding hydrogens is 144 g/mol. The fourth-order valence-corrected chi connectivity index (χ4v) is 2.64. The zero-order valence-corrected chi connectivity index (χ0v) is 6.35. The van der Waals surface area contributed by atoms with E-state index in [1.165, 1.54) is 0 Å². The normalized spacial score (nSPS) is 55.4. The van der Waals surface area contributed by atoms with E-state index in [0.717, 1.165) is 12.8 Å². The molecule has 0 aromatic carbocycles. The largest absolute Gasteiger partial charge is 0.396 e. The van der Waals surface area contributed by atoms with Crippen LogP contribution in [0.15, 0.2) is 0 Å². The first kappa shape index (κ1) is 7.53. The molecule has 0 aliphatic heterocycles. The van der Waals surface area contributed by atoms with Crippen LogP contribution in [0.5, 0.6) is 0 Å². The Kier molecular flexibility index (Phi) is 1.67. The van der Waals surface area contributed by atoms with Crippen molar-refractivity contribution in [3.8, 4) is 0 Å². The maximum absolute atomic E-state index is 9.43. The first-order valence-electron chi connectivity index (χ1n) is 4.21. The molecule has 0 spiro atoms. The van der Waals surface area contributed by atoms with Crippen LogP contribution in [0.4, 0.5) is 0 Å². The second-order valence-electron chi connectivity index (χ2n) is 3.82. The summed E-state index contributed by atoms with van der Waals surface area (Å²) in [5.41, 5.74) is 0. The van der Waals surface area contributed by atoms with Crippen molar-refractivity contribution in [2.45, 2.75) is 25.0 Å². The number of hydrogen-bond donors (Lipinski definition) is 3. The van der Waals surface area contributed by atoms with Gasteiger partial charge in [-0.3, -0.25) is 0 Å². The molecule has 64 valence electrons. The van der Waals surface area contributed by atoms with E-state index >= 15 is 0 Å². The maximum Gasteiger partial charge on any atom is 0.0833 e. The van der Waals surface area contributed by atoms with Gasteiger partial charge in [-0.1, -0.05) is 0 Å². The van der Waals surface area contributed by atoms with E-state index in [1.54, 1.807) is 0 Å². The number of fused-ring (bicyclic) bond motifs is 2. The van der Waals surface area contributed by atoms with Gasteiger partial charge >= 0.3 is 0 Å². The number of rotatable bonds is 1. The van der Waals surface area contributed by atoms with Crippen LogP contribution in [-0.2, 0) is 0 Å². The van der Waals surface area contributed by atoms with E-state index < -0.39 is 12.2 Å². The molecule has 2 aliphatic carbocycles. The molecule has 0 radical (unpaired) electrons. The Hall–Kier alpha value is -0.120. The summed E-state index contributed by atoms with van der Waals surface area (Å²) in [4.78, 5) is 0. The van der Waals surface area contributed by atoms with Crippen molar-refractivity contribution in [1.29, 1.82) is 0 Å². The predicted molar refractivity (Wildman–Crippen MR) is 38.8 cm³/mol. The molecule has 0 amide bonds. The Labute approximate surface area is 65.7 Å². The zero-order chi connectivity index (χ0) is 8.01. The minimum absolute atomic E-state index is 0.153. The molecule has 5 atom stereocenters. The Morgan fingerprint density at radius 2 is 1.82 bits per heavy atom. The van der Waals surface area contributed by atoms with Crippen LogP contribution in [0.2, 0.25) is 0 Å². The average molecular weight is 158 g/mol. The molecule has 3 N–H and O–H groups in total. The monoisotopic (exact) mass is 158 g/mol. The average Bonchev–Trinajstić information content (AvgIpc) is 2.53. The molecule has 0 heterocycles. The summed E-state index contributed by atoms with van der Waals surface area (Å²) in [6, 6.07) is 0. The second kappa shape index (κ2) is 2.44. The van der Waals surface area contributed by atoms with E-state index in [9.17, 15) is 10.2 Å². The Morgan fingerprint density at radius 3 is 2.27 bits per heavy atom. The highest BCUT2D eigenvalue weighted by Gasteiger charge is 2.51. The van der Waals surface area contributed by atoms with E-state index in [2.05, 4.69) is 0 Å². The van der Waals surface area contributed by atoms with E-state index in [1.807, 2.05) is 0 Å². The van der Waals surface area contributed by atoms with Gasteiger partial charge in [-0.05, 0) is 30.6 Å². The van der Waals surface area contributed by atoms with Gasteiger partial charge < -0.3 is 15.3 Å². The molecular formula is C8H14O3. The summed E-state index contributed by atoms with van der Waals surface area (Å²) in [6.45, 7) is 0.158. The minimum Gasteiger partial charge on any atom is -0.396 e. The lowest BCUT2D eigenvalue weighted by molar-refractivity contribution is -0.0420. The van der Waals surface area contributed by atoms with Crippen LogP contribution in [0.1, 0.15) is 12.8 Å². The summed E-state index contributed by atoms with van der Waals surface area (Å²) in [7, 11) is 0. The second-order valence-corrected chi connectivity index (χ2v) is 3.82. The molecule has 2 bridgehead atoms. The number of aliphatic hydroxyl groups excluding tert-OH is 3. The maximum atomic E-state index is 9.43. The summed E-state index contributed by atoms with van der Waals surface area (Å²) in [5.74, 6) is 0.630. The molecule has 0 saturated heterocycles. The SMILES string of the molecule is OCC1CC2CC1C(O)C2O. The molecule has 0 aromatic rings. The number of aliphatic hydroxyl groups is 3. The van der Waals surface area contributed by atoms with Gasteiger partial charge in [0.25, 0.3) is 0 Å². The van der Waals surface area contributed by atoms with Crippen molar-refractivity contribution in [2.75, 3.05) is 6.61 Å². The molecule has 2 fully saturated rings. The number of hydrogen-bond acceptors (Lipinski definition) is 3. The lowest BCUT2D eigenvalue weighted by Crippen LogP contribution is -2.37. The summed E-state index contributed by atoms with van der Waals surface area (Å²) >= 11 is 0. The van der Waals surface area contributed by atoms with Crippen molar-refractivity contribution in [1.82, 2.24) is 0 Å². The van der Waals surface area contributed by atoms with Gasteiger partial charge in [-0.2, -0.15) is 0 Å². The lowest BCUT2D eigenvalue weighted by atomic mass is 9.86. The summed E-state index contributed by atoms with van der Waals surface area (Å²) < 4.78 is 0. The van der Waals surface area contributed by atoms with Crippen molar-refractivity contribution < 1.29 is 15.3 Å². The topological polar surface area (TPSA) is 60.7 Å². The fraction of sp³-hybridized carbons (Fsp3) is 1.00. The zero-order valence-electron chi connectivity index (χ0n) is 6.35.